The van der Waals surface area contributed by atoms with Crippen molar-refractivity contribution >= 4 is 11.8 Å². The second-order valence-electron chi connectivity index (χ2n) is 4.66. The van der Waals surface area contributed by atoms with Crippen molar-refractivity contribution in [3.05, 3.63) is 60.2 Å². The highest BCUT2D eigenvalue weighted by Crippen LogP contribution is 2.29. The maximum atomic E-state index is 2.26. The largest absolute Gasteiger partial charge is 0.332 e. The molecule has 0 saturated heterocycles. The van der Waals surface area contributed by atoms with Gasteiger partial charge in [0.2, 0.25) is 0 Å². The number of quaternary nitrogens is 1. The molecule has 0 aliphatic carbocycles. The predicted molar refractivity (Wildman–Crippen MR) is 82.8 cm³/mol. The molecule has 0 aliphatic rings. The van der Waals surface area contributed by atoms with E-state index in [0.717, 1.165) is 6.54 Å². The minimum Gasteiger partial charge on any atom is -0.332 e. The Morgan fingerprint density at radius 2 is 1.47 bits per heavy atom. The molecule has 0 aromatic heterocycles. The summed E-state index contributed by atoms with van der Waals surface area (Å²) in [5, 5.41) is 0. The number of hydrogen-bond donors (Lipinski definition) is 1. The Morgan fingerprint density at radius 1 is 0.842 bits per heavy atom. The second kappa shape index (κ2) is 7.37. The van der Waals surface area contributed by atoms with E-state index >= 15 is 0 Å². The van der Waals surface area contributed by atoms with Crippen molar-refractivity contribution in [3.8, 4) is 0 Å². The first-order valence-electron chi connectivity index (χ1n) is 6.97. The topological polar surface area (TPSA) is 4.44 Å². The normalized spacial score (nSPS) is 10.9. The molecule has 100 valence electrons. The Labute approximate surface area is 120 Å². The van der Waals surface area contributed by atoms with Gasteiger partial charge in [-0.15, -0.1) is 0 Å². The van der Waals surface area contributed by atoms with Crippen molar-refractivity contribution in [2.75, 3.05) is 13.1 Å². The van der Waals surface area contributed by atoms with Gasteiger partial charge in [0.25, 0.3) is 0 Å². The third-order valence-electron chi connectivity index (χ3n) is 3.38. The summed E-state index contributed by atoms with van der Waals surface area (Å²) in [4.78, 5) is 4.32. The molecular weight excluding hydrogens is 250 g/mol. The van der Waals surface area contributed by atoms with Crippen LogP contribution in [0.1, 0.15) is 19.4 Å². The van der Waals surface area contributed by atoms with Gasteiger partial charge >= 0.3 is 0 Å². The Hall–Kier alpha value is -1.25. The highest BCUT2D eigenvalue weighted by Gasteiger charge is 2.09. The van der Waals surface area contributed by atoms with Crippen LogP contribution in [-0.4, -0.2) is 13.1 Å². The molecular formula is C17H22NS+. The first-order valence-corrected chi connectivity index (χ1v) is 7.79. The molecule has 0 atom stereocenters. The van der Waals surface area contributed by atoms with Crippen LogP contribution in [0.4, 0.5) is 0 Å². The van der Waals surface area contributed by atoms with Crippen molar-refractivity contribution in [2.24, 2.45) is 0 Å². The smallest absolute Gasteiger partial charge is 0.104 e. The lowest BCUT2D eigenvalue weighted by atomic mass is 10.2. The molecule has 0 heterocycles. The van der Waals surface area contributed by atoms with Gasteiger partial charge in [-0.3, -0.25) is 0 Å². The van der Waals surface area contributed by atoms with Crippen molar-refractivity contribution < 1.29 is 4.90 Å². The average molecular weight is 272 g/mol. The van der Waals surface area contributed by atoms with Gasteiger partial charge in [0.05, 0.1) is 13.1 Å². The quantitative estimate of drug-likeness (QED) is 0.845. The van der Waals surface area contributed by atoms with Crippen LogP contribution in [0.25, 0.3) is 0 Å². The Balaban J connectivity index is 2.16. The molecule has 2 heteroatoms. The number of rotatable bonds is 6. The Bertz CT molecular complexity index is 492. The summed E-state index contributed by atoms with van der Waals surface area (Å²) in [7, 11) is 0. The SMILES string of the molecule is CC[NH+](CC)Cc1ccccc1Sc1ccccc1. The van der Waals surface area contributed by atoms with E-state index in [1.54, 1.807) is 4.90 Å². The lowest BCUT2D eigenvalue weighted by molar-refractivity contribution is -0.910. The molecule has 2 rings (SSSR count). The monoisotopic (exact) mass is 272 g/mol. The molecule has 0 saturated carbocycles. The fraction of sp³-hybridized carbons (Fsp3) is 0.294. The summed E-state index contributed by atoms with van der Waals surface area (Å²) in [6, 6.07) is 19.4. The molecule has 1 nitrogen and oxygen atoms in total. The van der Waals surface area contributed by atoms with E-state index in [4.69, 9.17) is 0 Å². The van der Waals surface area contributed by atoms with E-state index in [-0.39, 0.29) is 0 Å². The fourth-order valence-corrected chi connectivity index (χ4v) is 3.10. The summed E-state index contributed by atoms with van der Waals surface area (Å²) in [6.07, 6.45) is 0. The number of nitrogens with one attached hydrogen (secondary N) is 1. The molecule has 0 unspecified atom stereocenters. The maximum absolute atomic E-state index is 2.26. The van der Waals surface area contributed by atoms with Crippen LogP contribution < -0.4 is 4.90 Å². The zero-order chi connectivity index (χ0) is 13.5. The van der Waals surface area contributed by atoms with Gasteiger partial charge in [-0.25, -0.2) is 0 Å². The van der Waals surface area contributed by atoms with Crippen molar-refractivity contribution in [2.45, 2.75) is 30.2 Å². The first kappa shape index (κ1) is 14.2. The van der Waals surface area contributed by atoms with Gasteiger partial charge in [-0.2, -0.15) is 0 Å². The number of hydrogen-bond acceptors (Lipinski definition) is 1. The van der Waals surface area contributed by atoms with Crippen molar-refractivity contribution in [1.82, 2.24) is 0 Å². The third-order valence-corrected chi connectivity index (χ3v) is 4.51. The van der Waals surface area contributed by atoms with Crippen molar-refractivity contribution in [1.29, 1.82) is 0 Å². The molecule has 2 aromatic rings. The summed E-state index contributed by atoms with van der Waals surface area (Å²) < 4.78 is 0. The Morgan fingerprint density at radius 3 is 2.16 bits per heavy atom. The van der Waals surface area contributed by atoms with Crippen molar-refractivity contribution in [3.63, 3.8) is 0 Å². The molecule has 2 aromatic carbocycles. The van der Waals surface area contributed by atoms with Crippen LogP contribution in [0.2, 0.25) is 0 Å². The summed E-state index contributed by atoms with van der Waals surface area (Å²) in [5.74, 6) is 0. The maximum Gasteiger partial charge on any atom is 0.104 e. The van der Waals surface area contributed by atoms with Gasteiger partial charge in [0, 0.05) is 15.4 Å². The number of benzene rings is 2. The van der Waals surface area contributed by atoms with Crippen LogP contribution in [0.15, 0.2) is 64.4 Å². The van der Waals surface area contributed by atoms with Crippen LogP contribution in [-0.2, 0) is 6.54 Å². The van der Waals surface area contributed by atoms with Crippen LogP contribution in [0.5, 0.6) is 0 Å². The van der Waals surface area contributed by atoms with Gasteiger partial charge in [-0.1, -0.05) is 48.2 Å². The van der Waals surface area contributed by atoms with Crippen LogP contribution in [0.3, 0.4) is 0 Å². The predicted octanol–water partition coefficient (Wildman–Crippen LogP) is 3.26. The molecule has 0 amide bonds. The summed E-state index contributed by atoms with van der Waals surface area (Å²) >= 11 is 1.86. The molecule has 19 heavy (non-hydrogen) atoms. The Kier molecular flexibility index (Phi) is 5.49. The van der Waals surface area contributed by atoms with Gasteiger partial charge in [0.1, 0.15) is 6.54 Å². The summed E-state index contributed by atoms with van der Waals surface area (Å²) in [6.45, 7) is 7.99. The molecule has 0 aliphatic heterocycles. The van der Waals surface area contributed by atoms with E-state index in [1.165, 1.54) is 28.4 Å². The fourth-order valence-electron chi connectivity index (χ4n) is 2.13. The average Bonchev–Trinajstić information content (AvgIpc) is 2.47. The third kappa shape index (κ3) is 4.12. The first-order chi connectivity index (χ1) is 9.33. The standard InChI is InChI=1S/C17H21NS/c1-3-18(4-2)14-15-10-8-9-13-17(15)19-16-11-6-5-7-12-16/h5-13H,3-4,14H2,1-2H3/p+1. The van der Waals surface area contributed by atoms with E-state index in [1.807, 2.05) is 11.8 Å². The van der Waals surface area contributed by atoms with Gasteiger partial charge < -0.3 is 4.90 Å². The summed E-state index contributed by atoms with van der Waals surface area (Å²) in [5.41, 5.74) is 1.45. The van der Waals surface area contributed by atoms with Gasteiger partial charge in [0.15, 0.2) is 0 Å². The minimum absolute atomic E-state index is 1.11. The zero-order valence-corrected chi connectivity index (χ0v) is 12.5. The molecule has 0 fully saturated rings. The zero-order valence-electron chi connectivity index (χ0n) is 11.7. The van der Waals surface area contributed by atoms with E-state index in [0.29, 0.717) is 0 Å². The molecule has 1 N–H and O–H groups in total. The highest BCUT2D eigenvalue weighted by atomic mass is 32.2. The van der Waals surface area contributed by atoms with E-state index < -0.39 is 0 Å². The lowest BCUT2D eigenvalue weighted by Gasteiger charge is -2.17. The van der Waals surface area contributed by atoms with E-state index in [9.17, 15) is 0 Å². The molecule has 0 radical (unpaired) electrons. The highest BCUT2D eigenvalue weighted by molar-refractivity contribution is 7.99. The van der Waals surface area contributed by atoms with Crippen LogP contribution in [0, 0.1) is 0 Å². The second-order valence-corrected chi connectivity index (χ2v) is 5.77. The van der Waals surface area contributed by atoms with Gasteiger partial charge in [-0.05, 0) is 32.0 Å². The molecule has 0 spiro atoms. The van der Waals surface area contributed by atoms with E-state index in [2.05, 4.69) is 68.4 Å². The lowest BCUT2D eigenvalue weighted by Crippen LogP contribution is -3.10. The van der Waals surface area contributed by atoms with Crippen LogP contribution >= 0.6 is 11.8 Å². The molecule has 0 bridgehead atoms. The minimum atomic E-state index is 1.11.